The first-order valence-electron chi connectivity index (χ1n) is 5.72. The van der Waals surface area contributed by atoms with Crippen molar-refractivity contribution < 1.29 is 9.90 Å². The average Bonchev–Trinajstić information content (AvgIpc) is 2.33. The van der Waals surface area contributed by atoms with E-state index in [0.717, 1.165) is 25.7 Å². The van der Waals surface area contributed by atoms with E-state index < -0.39 is 0 Å². The zero-order chi connectivity index (χ0) is 11.4. The number of nitrogens with zero attached hydrogens (tertiary/aromatic N) is 1. The van der Waals surface area contributed by atoms with Crippen LogP contribution in [-0.4, -0.2) is 16.0 Å². The van der Waals surface area contributed by atoms with Crippen LogP contribution in [0.15, 0.2) is 18.3 Å². The smallest absolute Gasteiger partial charge is 0.228 e. The molecule has 1 amide bonds. The predicted molar refractivity (Wildman–Crippen MR) is 61.1 cm³/mol. The highest BCUT2D eigenvalue weighted by Crippen LogP contribution is 2.26. The summed E-state index contributed by atoms with van der Waals surface area (Å²) in [5, 5.41) is 12.2. The van der Waals surface area contributed by atoms with Crippen molar-refractivity contribution in [2.45, 2.75) is 32.1 Å². The summed E-state index contributed by atoms with van der Waals surface area (Å²) in [4.78, 5) is 15.8. The second-order valence-electron chi connectivity index (χ2n) is 4.20. The van der Waals surface area contributed by atoms with Crippen LogP contribution < -0.4 is 5.32 Å². The van der Waals surface area contributed by atoms with Crippen molar-refractivity contribution in [3.63, 3.8) is 0 Å². The lowest BCUT2D eigenvalue weighted by molar-refractivity contribution is -0.120. The van der Waals surface area contributed by atoms with Crippen molar-refractivity contribution in [1.82, 2.24) is 4.98 Å². The van der Waals surface area contributed by atoms with Crippen molar-refractivity contribution in [2.24, 2.45) is 5.92 Å². The van der Waals surface area contributed by atoms with E-state index in [-0.39, 0.29) is 23.4 Å². The molecule has 0 unspecified atom stereocenters. The van der Waals surface area contributed by atoms with Gasteiger partial charge in [-0.25, -0.2) is 4.98 Å². The summed E-state index contributed by atoms with van der Waals surface area (Å²) in [6.07, 6.45) is 6.90. The summed E-state index contributed by atoms with van der Waals surface area (Å²) < 4.78 is 0. The minimum atomic E-state index is -0.0197. The van der Waals surface area contributed by atoms with Gasteiger partial charge in [-0.05, 0) is 25.0 Å². The van der Waals surface area contributed by atoms with E-state index in [9.17, 15) is 9.90 Å². The number of amides is 1. The third-order valence-corrected chi connectivity index (χ3v) is 3.00. The quantitative estimate of drug-likeness (QED) is 0.803. The molecule has 1 fully saturated rings. The van der Waals surface area contributed by atoms with E-state index in [1.165, 1.54) is 12.5 Å². The molecule has 4 nitrogen and oxygen atoms in total. The molecule has 1 aliphatic rings. The topological polar surface area (TPSA) is 62.2 Å². The van der Waals surface area contributed by atoms with Crippen molar-refractivity contribution in [3.8, 4) is 5.75 Å². The zero-order valence-corrected chi connectivity index (χ0v) is 9.15. The number of hydrogen-bond donors (Lipinski definition) is 2. The van der Waals surface area contributed by atoms with Crippen molar-refractivity contribution in [1.29, 1.82) is 0 Å². The minimum Gasteiger partial charge on any atom is -0.504 e. The fraction of sp³-hybridized carbons (Fsp3) is 0.500. The summed E-state index contributed by atoms with van der Waals surface area (Å²) in [7, 11) is 0. The van der Waals surface area contributed by atoms with Crippen LogP contribution in [-0.2, 0) is 4.79 Å². The molecule has 0 atom stereocenters. The van der Waals surface area contributed by atoms with E-state index in [1.807, 2.05) is 0 Å². The van der Waals surface area contributed by atoms with Crippen LogP contribution in [0.3, 0.4) is 0 Å². The lowest BCUT2D eigenvalue weighted by Gasteiger charge is -2.20. The van der Waals surface area contributed by atoms with Crippen molar-refractivity contribution in [2.75, 3.05) is 5.32 Å². The van der Waals surface area contributed by atoms with Crippen LogP contribution in [0.2, 0.25) is 0 Å². The first-order chi connectivity index (χ1) is 7.77. The average molecular weight is 220 g/mol. The Kier molecular flexibility index (Phi) is 3.39. The van der Waals surface area contributed by atoms with Gasteiger partial charge in [-0.15, -0.1) is 0 Å². The summed E-state index contributed by atoms with van der Waals surface area (Å²) in [6, 6.07) is 3.15. The van der Waals surface area contributed by atoms with Gasteiger partial charge in [0.05, 0.1) is 0 Å². The number of pyridine rings is 1. The molecule has 0 spiro atoms. The highest BCUT2D eigenvalue weighted by atomic mass is 16.3. The summed E-state index contributed by atoms with van der Waals surface area (Å²) in [5.41, 5.74) is 0. The maximum atomic E-state index is 11.9. The highest BCUT2D eigenvalue weighted by Gasteiger charge is 2.21. The zero-order valence-electron chi connectivity index (χ0n) is 9.15. The van der Waals surface area contributed by atoms with Gasteiger partial charge in [0.15, 0.2) is 11.6 Å². The number of aromatic nitrogens is 1. The Morgan fingerprint density at radius 2 is 2.12 bits per heavy atom. The van der Waals surface area contributed by atoms with Crippen LogP contribution >= 0.6 is 0 Å². The van der Waals surface area contributed by atoms with E-state index in [1.54, 1.807) is 12.3 Å². The second kappa shape index (κ2) is 4.96. The van der Waals surface area contributed by atoms with Crippen molar-refractivity contribution in [3.05, 3.63) is 18.3 Å². The Labute approximate surface area is 94.7 Å². The lowest BCUT2D eigenvalue weighted by Crippen LogP contribution is -2.25. The second-order valence-corrected chi connectivity index (χ2v) is 4.20. The van der Waals surface area contributed by atoms with Gasteiger partial charge >= 0.3 is 0 Å². The third kappa shape index (κ3) is 2.51. The maximum absolute atomic E-state index is 11.9. The van der Waals surface area contributed by atoms with E-state index in [2.05, 4.69) is 10.3 Å². The number of nitrogens with one attached hydrogen (secondary N) is 1. The van der Waals surface area contributed by atoms with Crippen LogP contribution in [0, 0.1) is 5.92 Å². The summed E-state index contributed by atoms with van der Waals surface area (Å²) in [5.74, 6) is 0.341. The van der Waals surface area contributed by atoms with Crippen LogP contribution in [0.4, 0.5) is 5.82 Å². The monoisotopic (exact) mass is 220 g/mol. The van der Waals surface area contributed by atoms with E-state index in [0.29, 0.717) is 0 Å². The first kappa shape index (κ1) is 10.9. The Morgan fingerprint density at radius 3 is 2.81 bits per heavy atom. The third-order valence-electron chi connectivity index (χ3n) is 3.00. The Balaban J connectivity index is 1.99. The normalized spacial score (nSPS) is 17.0. The first-order valence-corrected chi connectivity index (χ1v) is 5.72. The Hall–Kier alpha value is -1.58. The van der Waals surface area contributed by atoms with E-state index >= 15 is 0 Å². The molecule has 0 aromatic carbocycles. The van der Waals surface area contributed by atoms with Gasteiger partial charge in [0.1, 0.15) is 0 Å². The van der Waals surface area contributed by atoms with Gasteiger partial charge in [-0.3, -0.25) is 4.79 Å². The molecule has 2 N–H and O–H groups in total. The molecule has 16 heavy (non-hydrogen) atoms. The molecule has 0 radical (unpaired) electrons. The van der Waals surface area contributed by atoms with Crippen molar-refractivity contribution >= 4 is 11.7 Å². The van der Waals surface area contributed by atoms with Gasteiger partial charge in [-0.2, -0.15) is 0 Å². The fourth-order valence-corrected chi connectivity index (χ4v) is 2.08. The largest absolute Gasteiger partial charge is 0.504 e. The van der Waals surface area contributed by atoms with Gasteiger partial charge in [0.2, 0.25) is 5.91 Å². The number of rotatable bonds is 2. The molecule has 1 heterocycles. The molecule has 2 rings (SSSR count). The molecule has 86 valence electrons. The predicted octanol–water partition coefficient (Wildman–Crippen LogP) is 2.31. The maximum Gasteiger partial charge on any atom is 0.228 e. The van der Waals surface area contributed by atoms with Crippen LogP contribution in [0.25, 0.3) is 0 Å². The molecule has 1 aromatic heterocycles. The molecular weight excluding hydrogens is 204 g/mol. The number of carbonyl (C=O) groups excluding carboxylic acids is 1. The van der Waals surface area contributed by atoms with Crippen LogP contribution in [0.5, 0.6) is 5.75 Å². The number of aromatic hydroxyl groups is 1. The number of hydrogen-bond acceptors (Lipinski definition) is 3. The van der Waals surface area contributed by atoms with Crippen LogP contribution in [0.1, 0.15) is 32.1 Å². The molecule has 1 aliphatic carbocycles. The Morgan fingerprint density at radius 1 is 1.38 bits per heavy atom. The number of carbonyl (C=O) groups is 1. The lowest BCUT2D eigenvalue weighted by atomic mass is 9.89. The van der Waals surface area contributed by atoms with Gasteiger partial charge in [0, 0.05) is 12.1 Å². The highest BCUT2D eigenvalue weighted by molar-refractivity contribution is 5.92. The summed E-state index contributed by atoms with van der Waals surface area (Å²) >= 11 is 0. The molecule has 0 saturated heterocycles. The van der Waals surface area contributed by atoms with Gasteiger partial charge in [0.25, 0.3) is 0 Å². The summed E-state index contributed by atoms with van der Waals surface area (Å²) in [6.45, 7) is 0. The molecule has 0 aliphatic heterocycles. The standard InChI is InChI=1S/C12H16N2O2/c15-10-7-4-8-13-11(10)14-12(16)9-5-2-1-3-6-9/h4,7-9,15H,1-3,5-6H2,(H,13,14,16). The molecule has 1 saturated carbocycles. The fourth-order valence-electron chi connectivity index (χ4n) is 2.08. The van der Waals surface area contributed by atoms with Gasteiger partial charge < -0.3 is 10.4 Å². The SMILES string of the molecule is O=C(Nc1ncccc1O)C1CCCCC1. The minimum absolute atomic E-state index is 0.0197. The van der Waals surface area contributed by atoms with Gasteiger partial charge in [-0.1, -0.05) is 19.3 Å². The molecule has 1 aromatic rings. The number of anilines is 1. The van der Waals surface area contributed by atoms with E-state index in [4.69, 9.17) is 0 Å². The molecule has 0 bridgehead atoms. The molecular formula is C12H16N2O2. The molecule has 4 heteroatoms. The Bertz CT molecular complexity index is 373.